The average molecular weight is 396 g/mol. The lowest BCUT2D eigenvalue weighted by molar-refractivity contribution is 0.405. The summed E-state index contributed by atoms with van der Waals surface area (Å²) in [6, 6.07) is 16.9. The lowest BCUT2D eigenvalue weighted by atomic mass is 9.81. The molecule has 3 rings (SSSR count). The highest BCUT2D eigenvalue weighted by Gasteiger charge is 2.38. The first-order valence-corrected chi connectivity index (χ1v) is 9.51. The third kappa shape index (κ3) is 3.29. The summed E-state index contributed by atoms with van der Waals surface area (Å²) in [5.74, 6) is 1.57. The van der Waals surface area contributed by atoms with E-state index in [1.54, 1.807) is 38.5 Å². The number of phenols is 2. The van der Waals surface area contributed by atoms with Crippen molar-refractivity contribution in [3.63, 3.8) is 0 Å². The molecule has 0 aliphatic rings. The molecule has 1 unspecified atom stereocenters. The molecule has 2 N–H and O–H groups in total. The van der Waals surface area contributed by atoms with E-state index in [0.29, 0.717) is 33.8 Å². The Bertz CT molecular complexity index is 940. The Morgan fingerprint density at radius 2 is 1.18 bits per heavy atom. The van der Waals surface area contributed by atoms with Crippen molar-refractivity contribution < 1.29 is 19.7 Å². The smallest absolute Gasteiger partial charge is 0.123 e. The Labute approximate surface area is 168 Å². The van der Waals surface area contributed by atoms with E-state index < -0.39 is 5.16 Å². The van der Waals surface area contributed by atoms with Crippen LogP contribution in [0.25, 0.3) is 0 Å². The number of hydrogen-bond acceptors (Lipinski definition) is 4. The van der Waals surface area contributed by atoms with Gasteiger partial charge in [-0.3, -0.25) is 0 Å². The molecule has 0 saturated carbocycles. The van der Waals surface area contributed by atoms with Gasteiger partial charge in [-0.1, -0.05) is 30.3 Å². The topological polar surface area (TPSA) is 58.9 Å². The first-order valence-electron chi connectivity index (χ1n) is 8.93. The van der Waals surface area contributed by atoms with Gasteiger partial charge in [-0.15, -0.1) is 9.24 Å². The van der Waals surface area contributed by atoms with Gasteiger partial charge >= 0.3 is 0 Å². The first-order chi connectivity index (χ1) is 13.3. The lowest BCUT2D eigenvalue weighted by Crippen LogP contribution is -2.23. The van der Waals surface area contributed by atoms with Crippen molar-refractivity contribution in [1.82, 2.24) is 0 Å². The number of phenolic OH excluding ortho intramolecular Hbond substituents is 2. The van der Waals surface area contributed by atoms with E-state index in [4.69, 9.17) is 9.47 Å². The largest absolute Gasteiger partial charge is 0.507 e. The molecule has 28 heavy (non-hydrogen) atoms. The zero-order valence-corrected chi connectivity index (χ0v) is 17.6. The van der Waals surface area contributed by atoms with Crippen molar-refractivity contribution in [3.8, 4) is 23.0 Å². The number of rotatable bonds is 5. The second kappa shape index (κ2) is 7.73. The molecule has 0 bridgehead atoms. The summed E-state index contributed by atoms with van der Waals surface area (Å²) in [5.41, 5.74) is 3.50. The maximum atomic E-state index is 11.0. The predicted molar refractivity (Wildman–Crippen MR) is 115 cm³/mol. The second-order valence-corrected chi connectivity index (χ2v) is 7.72. The summed E-state index contributed by atoms with van der Waals surface area (Å²) in [5, 5.41) is 21.0. The van der Waals surface area contributed by atoms with Gasteiger partial charge in [-0.25, -0.2) is 0 Å². The molecule has 5 heteroatoms. The SMILES string of the molecule is COc1cc(C)c(O)c(C(P)(c2ccccc2)c2cc(OC)cc(C)c2O)c1. The second-order valence-electron chi connectivity index (χ2n) is 6.85. The van der Waals surface area contributed by atoms with Gasteiger partial charge in [-0.05, 0) is 54.8 Å². The van der Waals surface area contributed by atoms with Crippen LogP contribution >= 0.6 is 9.24 Å². The zero-order chi connectivity index (χ0) is 20.5. The maximum absolute atomic E-state index is 11.0. The molecule has 0 amide bonds. The van der Waals surface area contributed by atoms with Gasteiger partial charge in [-0.2, -0.15) is 0 Å². The van der Waals surface area contributed by atoms with Crippen molar-refractivity contribution in [2.45, 2.75) is 19.0 Å². The average Bonchev–Trinajstić information content (AvgIpc) is 2.71. The van der Waals surface area contributed by atoms with Crippen LogP contribution in [0, 0.1) is 13.8 Å². The van der Waals surface area contributed by atoms with E-state index in [0.717, 1.165) is 5.56 Å². The molecule has 3 aromatic carbocycles. The van der Waals surface area contributed by atoms with Gasteiger partial charge in [0.1, 0.15) is 23.0 Å². The molecule has 3 aromatic rings. The van der Waals surface area contributed by atoms with Crippen molar-refractivity contribution >= 4 is 9.24 Å². The molecule has 0 aromatic heterocycles. The number of methoxy groups -OCH3 is 2. The van der Waals surface area contributed by atoms with E-state index >= 15 is 0 Å². The molecule has 1 atom stereocenters. The van der Waals surface area contributed by atoms with Crippen LogP contribution in [0.5, 0.6) is 23.0 Å². The van der Waals surface area contributed by atoms with Crippen LogP contribution in [0.2, 0.25) is 0 Å². The van der Waals surface area contributed by atoms with Crippen molar-refractivity contribution in [2.75, 3.05) is 14.2 Å². The third-order valence-electron chi connectivity index (χ3n) is 5.10. The van der Waals surface area contributed by atoms with Crippen LogP contribution in [0.4, 0.5) is 0 Å². The van der Waals surface area contributed by atoms with Crippen LogP contribution < -0.4 is 9.47 Å². The van der Waals surface area contributed by atoms with E-state index in [-0.39, 0.29) is 11.5 Å². The Balaban J connectivity index is 2.44. The summed E-state index contributed by atoms with van der Waals surface area (Å²) < 4.78 is 10.9. The normalized spacial score (nSPS) is 11.3. The van der Waals surface area contributed by atoms with Crippen LogP contribution in [0.1, 0.15) is 27.8 Å². The molecule has 0 heterocycles. The fourth-order valence-corrected chi connectivity index (χ4v) is 4.12. The summed E-state index contributed by atoms with van der Waals surface area (Å²) in [6.45, 7) is 3.65. The number of aryl methyl sites for hydroxylation is 2. The minimum Gasteiger partial charge on any atom is -0.507 e. The molecule has 0 fully saturated rings. The molecule has 4 nitrogen and oxygen atoms in total. The highest BCUT2D eigenvalue weighted by molar-refractivity contribution is 7.19. The van der Waals surface area contributed by atoms with Gasteiger partial charge in [0.2, 0.25) is 0 Å². The molecule has 0 aliphatic heterocycles. The van der Waals surface area contributed by atoms with Crippen LogP contribution in [-0.2, 0) is 5.16 Å². The number of hydrogen-bond donors (Lipinski definition) is 2. The molecular weight excluding hydrogens is 371 g/mol. The fraction of sp³-hybridized carbons (Fsp3) is 0.217. The van der Waals surface area contributed by atoms with Crippen molar-refractivity contribution in [1.29, 1.82) is 0 Å². The summed E-state index contributed by atoms with van der Waals surface area (Å²) in [7, 11) is 6.01. The Morgan fingerprint density at radius 3 is 1.57 bits per heavy atom. The number of ether oxygens (including phenoxy) is 2. The summed E-state index contributed by atoms with van der Waals surface area (Å²) in [6.07, 6.45) is 0. The number of aromatic hydroxyl groups is 2. The third-order valence-corrected chi connectivity index (χ3v) is 6.05. The van der Waals surface area contributed by atoms with E-state index in [1.165, 1.54) is 0 Å². The van der Waals surface area contributed by atoms with Crippen LogP contribution in [0.3, 0.4) is 0 Å². The molecule has 0 radical (unpaired) electrons. The summed E-state index contributed by atoms with van der Waals surface area (Å²) in [4.78, 5) is 0. The predicted octanol–water partition coefficient (Wildman–Crippen LogP) is 4.90. The van der Waals surface area contributed by atoms with Gasteiger partial charge < -0.3 is 19.7 Å². The lowest BCUT2D eigenvalue weighted by Gasteiger charge is -2.34. The molecular formula is C23H25O4P. The van der Waals surface area contributed by atoms with Crippen LogP contribution in [-0.4, -0.2) is 24.4 Å². The maximum Gasteiger partial charge on any atom is 0.123 e. The Hall–Kier alpha value is -2.71. The Morgan fingerprint density at radius 1 is 0.750 bits per heavy atom. The summed E-state index contributed by atoms with van der Waals surface area (Å²) >= 11 is 0. The van der Waals surface area contributed by atoms with Gasteiger partial charge in [0.25, 0.3) is 0 Å². The fourth-order valence-electron chi connectivity index (χ4n) is 3.49. The first kappa shape index (κ1) is 20.0. The van der Waals surface area contributed by atoms with Gasteiger partial charge in [0.05, 0.1) is 19.4 Å². The Kier molecular flexibility index (Phi) is 5.53. The molecule has 146 valence electrons. The monoisotopic (exact) mass is 396 g/mol. The molecule has 0 spiro atoms. The zero-order valence-electron chi connectivity index (χ0n) is 16.5. The molecule has 0 aliphatic carbocycles. The highest BCUT2D eigenvalue weighted by atomic mass is 31.0. The minimum atomic E-state index is -0.923. The standard InChI is InChI=1S/C23H25O4P/c1-14-10-17(26-3)12-19(21(14)24)23(28,16-8-6-5-7-9-16)20-13-18(27-4)11-15(2)22(20)25/h5-13,24-25H,28H2,1-4H3. The molecule has 0 saturated heterocycles. The highest BCUT2D eigenvalue weighted by Crippen LogP contribution is 2.53. The van der Waals surface area contributed by atoms with Gasteiger partial charge in [0, 0.05) is 11.1 Å². The minimum absolute atomic E-state index is 0.152. The van der Waals surface area contributed by atoms with Crippen molar-refractivity contribution in [2.24, 2.45) is 0 Å². The van der Waals surface area contributed by atoms with E-state index in [1.807, 2.05) is 44.2 Å². The van der Waals surface area contributed by atoms with E-state index in [9.17, 15) is 10.2 Å². The van der Waals surface area contributed by atoms with Crippen LogP contribution in [0.15, 0.2) is 54.6 Å². The van der Waals surface area contributed by atoms with E-state index in [2.05, 4.69) is 9.24 Å². The van der Waals surface area contributed by atoms with Gasteiger partial charge in [0.15, 0.2) is 0 Å². The number of benzene rings is 3. The van der Waals surface area contributed by atoms with Crippen molar-refractivity contribution in [3.05, 3.63) is 82.4 Å². The quantitative estimate of drug-likeness (QED) is 0.476.